The number of fused-ring (bicyclic) bond motifs is 1. The zero-order valence-electron chi connectivity index (χ0n) is 12.0. The van der Waals surface area contributed by atoms with Crippen LogP contribution in [0.5, 0.6) is 0 Å². The Morgan fingerprint density at radius 3 is 2.90 bits per heavy atom. The van der Waals surface area contributed by atoms with E-state index in [9.17, 15) is 9.90 Å². The fourth-order valence-electron chi connectivity index (χ4n) is 3.75. The number of carbonyl (C=O) groups excluding carboxylic acids is 1. The number of halogens is 1. The van der Waals surface area contributed by atoms with Crippen LogP contribution in [0.2, 0.25) is 0 Å². The van der Waals surface area contributed by atoms with Gasteiger partial charge in [0.25, 0.3) is 0 Å². The molecule has 1 N–H and O–H groups in total. The Morgan fingerprint density at radius 1 is 1.62 bits per heavy atom. The number of alkyl halides is 1. The molecule has 6 atom stereocenters. The first kappa shape index (κ1) is 15.2. The summed E-state index contributed by atoms with van der Waals surface area (Å²) in [5, 5.41) is 11.1. The van der Waals surface area contributed by atoms with Crippen LogP contribution in [0.25, 0.3) is 0 Å². The third-order valence-electron chi connectivity index (χ3n) is 4.63. The van der Waals surface area contributed by atoms with E-state index in [1.54, 1.807) is 0 Å². The van der Waals surface area contributed by atoms with Crippen molar-refractivity contribution in [1.29, 1.82) is 0 Å². The van der Waals surface area contributed by atoms with Crippen molar-refractivity contribution in [3.05, 3.63) is 12.2 Å². The van der Waals surface area contributed by atoms with E-state index < -0.39 is 41.8 Å². The molecular weight excluding hydrogens is 300 g/mol. The summed E-state index contributed by atoms with van der Waals surface area (Å²) in [6.07, 6.45) is -1.94. The van der Waals surface area contributed by atoms with Crippen molar-refractivity contribution >= 4 is 17.6 Å². The number of aliphatic hydroxyl groups is 1. The maximum Gasteiger partial charge on any atom is 0.303 e. The van der Waals surface area contributed by atoms with Crippen LogP contribution in [0.15, 0.2) is 12.2 Å². The lowest BCUT2D eigenvalue weighted by atomic mass is 9.74. The summed E-state index contributed by atoms with van der Waals surface area (Å²) in [6.45, 7) is 7.46. The molecule has 4 rings (SSSR count). The van der Waals surface area contributed by atoms with E-state index in [1.807, 2.05) is 6.92 Å². The quantitative estimate of drug-likeness (QED) is 0.473. The van der Waals surface area contributed by atoms with Gasteiger partial charge < -0.3 is 24.1 Å². The van der Waals surface area contributed by atoms with Crippen LogP contribution in [-0.2, 0) is 23.7 Å². The van der Waals surface area contributed by atoms with Crippen LogP contribution in [0, 0.1) is 5.92 Å². The minimum absolute atomic E-state index is 0.0641. The van der Waals surface area contributed by atoms with Gasteiger partial charge in [-0.3, -0.25) is 4.79 Å². The van der Waals surface area contributed by atoms with Gasteiger partial charge in [-0.15, -0.1) is 11.6 Å². The van der Waals surface area contributed by atoms with Crippen molar-refractivity contribution < 1.29 is 28.8 Å². The lowest BCUT2D eigenvalue weighted by Gasteiger charge is -2.56. The maximum absolute atomic E-state index is 11.4. The Labute approximate surface area is 127 Å². The van der Waals surface area contributed by atoms with Gasteiger partial charge in [0.05, 0.1) is 11.8 Å². The van der Waals surface area contributed by atoms with Crippen molar-refractivity contribution in [2.75, 3.05) is 12.5 Å². The molecule has 1 saturated carbocycles. The Kier molecular flexibility index (Phi) is 3.58. The minimum Gasteiger partial charge on any atom is -0.459 e. The molecule has 4 bridgehead atoms. The third kappa shape index (κ3) is 1.90. The number of hydrogen-bond acceptors (Lipinski definition) is 6. The Morgan fingerprint density at radius 2 is 2.33 bits per heavy atom. The number of rotatable bonds is 4. The van der Waals surface area contributed by atoms with E-state index in [0.29, 0.717) is 12.2 Å². The van der Waals surface area contributed by atoms with Crippen LogP contribution in [0.1, 0.15) is 20.3 Å². The van der Waals surface area contributed by atoms with E-state index >= 15 is 0 Å². The molecule has 0 aromatic carbocycles. The molecule has 3 aliphatic heterocycles. The van der Waals surface area contributed by atoms with Crippen molar-refractivity contribution in [2.24, 2.45) is 5.92 Å². The van der Waals surface area contributed by atoms with Gasteiger partial charge in [0.1, 0.15) is 17.3 Å². The average molecular weight is 319 g/mol. The smallest absolute Gasteiger partial charge is 0.303 e. The lowest BCUT2D eigenvalue weighted by Crippen LogP contribution is -2.69. The fourth-order valence-corrected chi connectivity index (χ4v) is 4.15. The molecule has 0 amide bonds. The maximum atomic E-state index is 11.4. The van der Waals surface area contributed by atoms with Gasteiger partial charge in [-0.25, -0.2) is 0 Å². The molecule has 1 aliphatic carbocycles. The van der Waals surface area contributed by atoms with Crippen molar-refractivity contribution in [3.63, 3.8) is 0 Å². The highest BCUT2D eigenvalue weighted by molar-refractivity contribution is 6.18. The first-order valence-electron chi connectivity index (χ1n) is 6.98. The topological polar surface area (TPSA) is 74.2 Å². The van der Waals surface area contributed by atoms with Crippen molar-refractivity contribution in [2.45, 2.75) is 50.2 Å². The average Bonchev–Trinajstić information content (AvgIpc) is 2.64. The molecule has 118 valence electrons. The van der Waals surface area contributed by atoms with Gasteiger partial charge in [-0.05, 0) is 6.92 Å². The minimum atomic E-state index is -1.27. The SMILES string of the molecule is C=C1C2OC(OCC)C3C1(O)CC(OC(C)=O)C3(CCl)O2. The van der Waals surface area contributed by atoms with Crippen LogP contribution in [0.4, 0.5) is 0 Å². The standard InChI is InChI=1S/C14H19ClO6/c1-4-18-12-10-13(17)5-9(19-8(3)16)14(10,6-15)21-11(20-12)7(13)2/h9-12,17H,2,4-6H2,1,3H3. The van der Waals surface area contributed by atoms with Gasteiger partial charge in [0.2, 0.25) is 0 Å². The van der Waals surface area contributed by atoms with Crippen LogP contribution in [0.3, 0.4) is 0 Å². The molecular formula is C14H19ClO6. The molecule has 0 spiro atoms. The predicted molar refractivity (Wildman–Crippen MR) is 72.6 cm³/mol. The second-order valence-corrected chi connectivity index (χ2v) is 5.99. The summed E-state index contributed by atoms with van der Waals surface area (Å²) in [6, 6.07) is 0. The fraction of sp³-hybridized carbons (Fsp3) is 0.786. The van der Waals surface area contributed by atoms with Gasteiger partial charge in [0, 0.05) is 25.5 Å². The van der Waals surface area contributed by atoms with Crippen LogP contribution in [-0.4, -0.2) is 53.4 Å². The molecule has 7 heteroatoms. The molecule has 3 saturated heterocycles. The second-order valence-electron chi connectivity index (χ2n) is 5.73. The van der Waals surface area contributed by atoms with Gasteiger partial charge in [-0.1, -0.05) is 6.58 Å². The first-order chi connectivity index (χ1) is 9.89. The molecule has 6 unspecified atom stereocenters. The predicted octanol–water partition coefficient (Wildman–Crippen LogP) is 0.952. The summed E-state index contributed by atoms with van der Waals surface area (Å²) >= 11 is 6.14. The number of hydrogen-bond donors (Lipinski definition) is 1. The highest BCUT2D eigenvalue weighted by Gasteiger charge is 2.75. The first-order valence-corrected chi connectivity index (χ1v) is 7.52. The lowest BCUT2D eigenvalue weighted by molar-refractivity contribution is -0.388. The zero-order chi connectivity index (χ0) is 15.4. The second kappa shape index (κ2) is 4.93. The molecule has 4 aliphatic rings. The summed E-state index contributed by atoms with van der Waals surface area (Å²) in [5.74, 6) is -0.960. The molecule has 6 nitrogen and oxygen atoms in total. The number of ether oxygens (including phenoxy) is 4. The number of carbonyl (C=O) groups is 1. The normalized spacial score (nSPS) is 47.7. The van der Waals surface area contributed by atoms with Crippen molar-refractivity contribution in [3.8, 4) is 0 Å². The highest BCUT2D eigenvalue weighted by atomic mass is 35.5. The molecule has 4 fully saturated rings. The number of esters is 1. The van der Waals surface area contributed by atoms with Crippen molar-refractivity contribution in [1.82, 2.24) is 0 Å². The van der Waals surface area contributed by atoms with Crippen LogP contribution >= 0.6 is 11.6 Å². The molecule has 0 aromatic heterocycles. The van der Waals surface area contributed by atoms with Gasteiger partial charge in [0.15, 0.2) is 12.6 Å². The summed E-state index contributed by atoms with van der Waals surface area (Å²) in [7, 11) is 0. The summed E-state index contributed by atoms with van der Waals surface area (Å²) in [5.41, 5.74) is -1.86. The van der Waals surface area contributed by atoms with E-state index in [1.165, 1.54) is 6.92 Å². The van der Waals surface area contributed by atoms with E-state index in [4.69, 9.17) is 30.5 Å². The Hall–Kier alpha value is -0.660. The largest absolute Gasteiger partial charge is 0.459 e. The van der Waals surface area contributed by atoms with E-state index in [2.05, 4.69) is 6.58 Å². The van der Waals surface area contributed by atoms with E-state index in [0.717, 1.165) is 0 Å². The van der Waals surface area contributed by atoms with E-state index in [-0.39, 0.29) is 12.3 Å². The molecule has 0 radical (unpaired) electrons. The summed E-state index contributed by atoms with van der Waals surface area (Å²) < 4.78 is 22.5. The summed E-state index contributed by atoms with van der Waals surface area (Å²) in [4.78, 5) is 11.4. The Bertz CT molecular complexity index is 482. The zero-order valence-corrected chi connectivity index (χ0v) is 12.8. The van der Waals surface area contributed by atoms with Gasteiger partial charge in [-0.2, -0.15) is 0 Å². The molecule has 21 heavy (non-hydrogen) atoms. The highest BCUT2D eigenvalue weighted by Crippen LogP contribution is 2.61. The monoisotopic (exact) mass is 318 g/mol. The Balaban J connectivity index is 2.04. The third-order valence-corrected chi connectivity index (χ3v) is 5.05. The molecule has 0 aromatic rings. The van der Waals surface area contributed by atoms with Gasteiger partial charge >= 0.3 is 5.97 Å². The van der Waals surface area contributed by atoms with Crippen LogP contribution < -0.4 is 0 Å². The molecule has 3 heterocycles.